The fraction of sp³-hybridized carbons (Fsp3) is 0.350. The third-order valence-electron chi connectivity index (χ3n) is 3.12. The molecule has 0 radical (unpaired) electrons. The summed E-state index contributed by atoms with van der Waals surface area (Å²) in [4.78, 5) is 0. The average molecular weight is 310 g/mol. The Labute approximate surface area is 139 Å². The first kappa shape index (κ1) is 18.7. The van der Waals surface area contributed by atoms with Gasteiger partial charge in [0.25, 0.3) is 0 Å². The molecule has 0 aliphatic rings. The maximum Gasteiger partial charge on any atom is 0.119 e. The number of hydrogen-bond acceptors (Lipinski definition) is 3. The summed E-state index contributed by atoms with van der Waals surface area (Å²) < 4.78 is 5.72. The molecule has 122 valence electrons. The number of hydrogen-bond donors (Lipinski definition) is 1. The second-order valence-electron chi connectivity index (χ2n) is 5.30. The lowest BCUT2D eigenvalue weighted by Crippen LogP contribution is -2.25. The van der Waals surface area contributed by atoms with Crippen molar-refractivity contribution in [2.45, 2.75) is 39.3 Å². The molecule has 0 heterocycles. The molecule has 3 heteroatoms. The number of nitrogens with one attached hydrogen (secondary N) is 1. The van der Waals surface area contributed by atoms with Crippen molar-refractivity contribution in [2.75, 3.05) is 7.05 Å². The monoisotopic (exact) mass is 310 g/mol. The van der Waals surface area contributed by atoms with E-state index in [-0.39, 0.29) is 6.04 Å². The second-order valence-corrected chi connectivity index (χ2v) is 5.30. The normalized spacial score (nSPS) is 10.9. The number of nitrogens with zero attached hydrogens (tertiary/aromatic N) is 1. The zero-order chi connectivity index (χ0) is 16.9. The van der Waals surface area contributed by atoms with Crippen molar-refractivity contribution in [2.24, 2.45) is 0 Å². The van der Waals surface area contributed by atoms with Crippen LogP contribution in [0, 0.1) is 11.3 Å². The van der Waals surface area contributed by atoms with Gasteiger partial charge in [-0.15, -0.1) is 0 Å². The first-order chi connectivity index (χ1) is 11.2. The SMILES string of the molecule is CCC.CNC(C#N)Cc1ccc(OCc2ccccc2)cc1. The van der Waals surface area contributed by atoms with Crippen molar-refractivity contribution in [3.63, 3.8) is 0 Å². The molecule has 2 rings (SSSR count). The van der Waals surface area contributed by atoms with Crippen LogP contribution in [0.5, 0.6) is 5.75 Å². The summed E-state index contributed by atoms with van der Waals surface area (Å²) in [5.74, 6) is 0.843. The van der Waals surface area contributed by atoms with E-state index in [9.17, 15) is 0 Å². The molecule has 0 fully saturated rings. The molecule has 1 N–H and O–H groups in total. The van der Waals surface area contributed by atoms with E-state index in [1.54, 1.807) is 7.05 Å². The number of likely N-dealkylation sites (N-methyl/N-ethyl adjacent to an activating group) is 1. The molecular weight excluding hydrogens is 284 g/mol. The molecule has 0 saturated carbocycles. The van der Waals surface area contributed by atoms with Gasteiger partial charge < -0.3 is 10.1 Å². The van der Waals surface area contributed by atoms with Crippen LogP contribution < -0.4 is 10.1 Å². The molecule has 2 aromatic carbocycles. The van der Waals surface area contributed by atoms with Crippen molar-refractivity contribution in [1.29, 1.82) is 5.26 Å². The van der Waals surface area contributed by atoms with Gasteiger partial charge in [-0.2, -0.15) is 5.26 Å². The summed E-state index contributed by atoms with van der Waals surface area (Å²) >= 11 is 0. The minimum Gasteiger partial charge on any atom is -0.489 e. The van der Waals surface area contributed by atoms with E-state index in [1.807, 2.05) is 54.6 Å². The highest BCUT2D eigenvalue weighted by molar-refractivity contribution is 5.29. The number of rotatable bonds is 6. The van der Waals surface area contributed by atoms with Gasteiger partial charge in [0, 0.05) is 6.42 Å². The van der Waals surface area contributed by atoms with Crippen LogP contribution in [0.2, 0.25) is 0 Å². The highest BCUT2D eigenvalue weighted by Gasteiger charge is 2.05. The summed E-state index contributed by atoms with van der Waals surface area (Å²) in [6.45, 7) is 4.82. The predicted octanol–water partition coefficient (Wildman–Crippen LogP) is 4.34. The van der Waals surface area contributed by atoms with Crippen molar-refractivity contribution in [1.82, 2.24) is 5.32 Å². The molecule has 0 aromatic heterocycles. The standard InChI is InChI=1S/C17H18N2O.C3H8/c1-19-16(12-18)11-14-7-9-17(10-8-14)20-13-15-5-3-2-4-6-15;1-3-2/h2-10,16,19H,11,13H2,1H3;3H2,1-2H3. The lowest BCUT2D eigenvalue weighted by Gasteiger charge is -2.09. The van der Waals surface area contributed by atoms with Crippen LogP contribution in [0.4, 0.5) is 0 Å². The van der Waals surface area contributed by atoms with E-state index in [4.69, 9.17) is 10.00 Å². The van der Waals surface area contributed by atoms with Crippen molar-refractivity contribution >= 4 is 0 Å². The van der Waals surface area contributed by atoms with Gasteiger partial charge in [0.15, 0.2) is 0 Å². The third kappa shape index (κ3) is 7.49. The van der Waals surface area contributed by atoms with Gasteiger partial charge in [-0.3, -0.25) is 0 Å². The quantitative estimate of drug-likeness (QED) is 0.863. The Balaban J connectivity index is 0.000000816. The van der Waals surface area contributed by atoms with E-state index in [0.717, 1.165) is 16.9 Å². The van der Waals surface area contributed by atoms with Crippen molar-refractivity contribution in [3.05, 3.63) is 65.7 Å². The second kappa shape index (κ2) is 11.3. The Morgan fingerprint density at radius 3 is 2.13 bits per heavy atom. The van der Waals surface area contributed by atoms with Crippen LogP contribution in [0.1, 0.15) is 31.4 Å². The Morgan fingerprint density at radius 2 is 1.61 bits per heavy atom. The van der Waals surface area contributed by atoms with Crippen LogP contribution in [-0.2, 0) is 13.0 Å². The highest BCUT2D eigenvalue weighted by atomic mass is 16.5. The van der Waals surface area contributed by atoms with E-state index in [2.05, 4.69) is 25.2 Å². The molecule has 0 bridgehead atoms. The Kier molecular flexibility index (Phi) is 9.19. The van der Waals surface area contributed by atoms with E-state index >= 15 is 0 Å². The fourth-order valence-electron chi connectivity index (χ4n) is 1.91. The van der Waals surface area contributed by atoms with Gasteiger partial charge in [0.1, 0.15) is 12.4 Å². The zero-order valence-electron chi connectivity index (χ0n) is 14.3. The summed E-state index contributed by atoms with van der Waals surface area (Å²) in [6.07, 6.45) is 1.95. The van der Waals surface area contributed by atoms with E-state index in [1.165, 1.54) is 6.42 Å². The highest BCUT2D eigenvalue weighted by Crippen LogP contribution is 2.15. The topological polar surface area (TPSA) is 45.0 Å². The maximum absolute atomic E-state index is 8.92. The van der Waals surface area contributed by atoms with Crippen LogP contribution >= 0.6 is 0 Å². The largest absolute Gasteiger partial charge is 0.489 e. The molecule has 1 unspecified atom stereocenters. The first-order valence-corrected chi connectivity index (χ1v) is 8.06. The minimum absolute atomic E-state index is 0.147. The van der Waals surface area contributed by atoms with Crippen LogP contribution in [0.25, 0.3) is 0 Å². The molecule has 1 atom stereocenters. The first-order valence-electron chi connectivity index (χ1n) is 8.06. The average Bonchev–Trinajstić information content (AvgIpc) is 2.60. The molecule has 0 aliphatic carbocycles. The Hall–Kier alpha value is -2.31. The number of benzene rings is 2. The van der Waals surface area contributed by atoms with Gasteiger partial charge >= 0.3 is 0 Å². The Bertz CT molecular complexity index is 573. The summed E-state index contributed by atoms with van der Waals surface area (Å²) in [6, 6.07) is 20.0. The molecule has 3 nitrogen and oxygen atoms in total. The lowest BCUT2D eigenvalue weighted by atomic mass is 10.1. The van der Waals surface area contributed by atoms with Crippen LogP contribution in [-0.4, -0.2) is 13.1 Å². The molecule has 0 saturated heterocycles. The van der Waals surface area contributed by atoms with Crippen LogP contribution in [0.3, 0.4) is 0 Å². The zero-order valence-corrected chi connectivity index (χ0v) is 14.3. The van der Waals surface area contributed by atoms with Gasteiger partial charge in [0.2, 0.25) is 0 Å². The predicted molar refractivity (Wildman–Crippen MR) is 95.3 cm³/mol. The fourth-order valence-corrected chi connectivity index (χ4v) is 1.91. The third-order valence-corrected chi connectivity index (χ3v) is 3.12. The van der Waals surface area contributed by atoms with Gasteiger partial charge in [-0.1, -0.05) is 62.7 Å². The van der Waals surface area contributed by atoms with Gasteiger partial charge in [-0.25, -0.2) is 0 Å². The minimum atomic E-state index is -0.147. The van der Waals surface area contributed by atoms with Crippen molar-refractivity contribution < 1.29 is 4.74 Å². The summed E-state index contributed by atoms with van der Waals surface area (Å²) in [5.41, 5.74) is 2.27. The molecule has 2 aromatic rings. The van der Waals surface area contributed by atoms with Gasteiger partial charge in [-0.05, 0) is 30.3 Å². The molecule has 0 spiro atoms. The molecule has 0 amide bonds. The Morgan fingerprint density at radius 1 is 1.00 bits per heavy atom. The summed E-state index contributed by atoms with van der Waals surface area (Å²) in [7, 11) is 1.80. The van der Waals surface area contributed by atoms with Crippen LogP contribution in [0.15, 0.2) is 54.6 Å². The number of nitriles is 1. The van der Waals surface area contributed by atoms with E-state index in [0.29, 0.717) is 13.0 Å². The van der Waals surface area contributed by atoms with Crippen molar-refractivity contribution in [3.8, 4) is 11.8 Å². The lowest BCUT2D eigenvalue weighted by molar-refractivity contribution is 0.306. The smallest absolute Gasteiger partial charge is 0.119 e. The molecule has 23 heavy (non-hydrogen) atoms. The molecular formula is C20H26N2O. The van der Waals surface area contributed by atoms with E-state index < -0.39 is 0 Å². The van der Waals surface area contributed by atoms with Gasteiger partial charge in [0.05, 0.1) is 12.1 Å². The number of ether oxygens (including phenoxy) is 1. The molecule has 0 aliphatic heterocycles. The maximum atomic E-state index is 8.92. The summed E-state index contributed by atoms with van der Waals surface area (Å²) in [5, 5.41) is 11.9.